The number of amides is 1. The summed E-state index contributed by atoms with van der Waals surface area (Å²) in [6, 6.07) is 21.3. The van der Waals surface area contributed by atoms with Crippen LogP contribution in [0.2, 0.25) is 0 Å². The number of halogens is 1. The summed E-state index contributed by atoms with van der Waals surface area (Å²) < 4.78 is 9.04. The molecule has 1 amide bonds. The van der Waals surface area contributed by atoms with Gasteiger partial charge in [-0.25, -0.2) is 4.68 Å². The van der Waals surface area contributed by atoms with Crippen LogP contribution in [-0.2, 0) is 11.4 Å². The van der Waals surface area contributed by atoms with E-state index in [0.29, 0.717) is 34.7 Å². The minimum atomic E-state index is -0.560. The van der Waals surface area contributed by atoms with Crippen LogP contribution in [0.1, 0.15) is 42.1 Å². The number of ether oxygens (including phenoxy) is 1. The molecule has 1 atom stereocenters. The molecule has 2 heterocycles. The number of carbonyl (C=O) groups is 1. The molecule has 5 rings (SSSR count). The summed E-state index contributed by atoms with van der Waals surface area (Å²) >= 11 is 5.19. The smallest absolute Gasteiger partial charge is 0.255 e. The molecule has 0 fully saturated rings. The summed E-state index contributed by atoms with van der Waals surface area (Å²) in [5.41, 5.74) is 6.12. The van der Waals surface area contributed by atoms with Gasteiger partial charge in [0.25, 0.3) is 5.91 Å². The molecular weight excluding hydrogens is 574 g/mol. The molecule has 1 unspecified atom stereocenters. The maximum atomic E-state index is 13.9. The summed E-state index contributed by atoms with van der Waals surface area (Å²) in [6.07, 6.45) is 0. The van der Waals surface area contributed by atoms with Crippen LogP contribution < -0.4 is 15.4 Å². The number of rotatable bonds is 8. The van der Waals surface area contributed by atoms with Gasteiger partial charge >= 0.3 is 0 Å². The Morgan fingerprint density at radius 1 is 1.08 bits per heavy atom. The average Bonchev–Trinajstić information content (AvgIpc) is 3.30. The molecular formula is C30H30BrN5O2S. The second kappa shape index (κ2) is 11.7. The van der Waals surface area contributed by atoms with Crippen LogP contribution >= 0.6 is 27.7 Å². The lowest BCUT2D eigenvalue weighted by molar-refractivity contribution is -0.113. The molecule has 1 aliphatic heterocycles. The van der Waals surface area contributed by atoms with Gasteiger partial charge in [-0.3, -0.25) is 4.79 Å². The molecule has 4 aromatic rings. The Morgan fingerprint density at radius 2 is 1.87 bits per heavy atom. The SMILES string of the molecule is CCSc1nc2n(n1)C(c1cc(Br)ccc1OCc1ccc(C)cc1)C(C(=O)Nc1cccc(C)c1)=C(C)N2. The zero-order valence-corrected chi connectivity index (χ0v) is 24.7. The van der Waals surface area contributed by atoms with Gasteiger partial charge in [-0.15, -0.1) is 5.10 Å². The number of nitrogens with one attached hydrogen (secondary N) is 2. The summed E-state index contributed by atoms with van der Waals surface area (Å²) in [6.45, 7) is 8.42. The van der Waals surface area contributed by atoms with E-state index in [-0.39, 0.29) is 5.91 Å². The zero-order chi connectivity index (χ0) is 27.5. The van der Waals surface area contributed by atoms with E-state index in [1.165, 1.54) is 5.56 Å². The molecule has 0 saturated heterocycles. The van der Waals surface area contributed by atoms with E-state index in [4.69, 9.17) is 14.8 Å². The van der Waals surface area contributed by atoms with E-state index < -0.39 is 6.04 Å². The first kappa shape index (κ1) is 27.0. The van der Waals surface area contributed by atoms with E-state index >= 15 is 0 Å². The van der Waals surface area contributed by atoms with Gasteiger partial charge in [0.1, 0.15) is 18.4 Å². The molecule has 0 saturated carbocycles. The van der Waals surface area contributed by atoms with E-state index in [0.717, 1.165) is 32.6 Å². The van der Waals surface area contributed by atoms with Crippen LogP contribution in [0.25, 0.3) is 0 Å². The third-order valence-electron chi connectivity index (χ3n) is 6.41. The number of aryl methyl sites for hydroxylation is 2. The number of allylic oxidation sites excluding steroid dienone is 1. The van der Waals surface area contributed by atoms with Crippen molar-refractivity contribution in [2.24, 2.45) is 0 Å². The predicted octanol–water partition coefficient (Wildman–Crippen LogP) is 7.28. The summed E-state index contributed by atoms with van der Waals surface area (Å²) in [7, 11) is 0. The summed E-state index contributed by atoms with van der Waals surface area (Å²) in [5, 5.41) is 11.8. The van der Waals surface area contributed by atoms with Crippen LogP contribution in [0, 0.1) is 13.8 Å². The molecule has 1 aromatic heterocycles. The van der Waals surface area contributed by atoms with Crippen LogP contribution in [0.5, 0.6) is 5.75 Å². The van der Waals surface area contributed by atoms with Crippen LogP contribution in [-0.4, -0.2) is 26.4 Å². The Hall–Kier alpha value is -3.56. The highest BCUT2D eigenvalue weighted by molar-refractivity contribution is 9.10. The number of hydrogen-bond acceptors (Lipinski definition) is 6. The van der Waals surface area contributed by atoms with Crippen LogP contribution in [0.15, 0.2) is 87.6 Å². The van der Waals surface area contributed by atoms with Gasteiger partial charge in [-0.05, 0) is 68.0 Å². The maximum Gasteiger partial charge on any atom is 0.255 e. The van der Waals surface area contributed by atoms with Gasteiger partial charge in [0, 0.05) is 21.4 Å². The number of fused-ring (bicyclic) bond motifs is 1. The van der Waals surface area contributed by atoms with Crippen molar-refractivity contribution in [3.8, 4) is 5.75 Å². The summed E-state index contributed by atoms with van der Waals surface area (Å²) in [5.74, 6) is 1.88. The first-order chi connectivity index (χ1) is 18.8. The van der Waals surface area contributed by atoms with Gasteiger partial charge in [-0.2, -0.15) is 4.98 Å². The van der Waals surface area contributed by atoms with Gasteiger partial charge in [0.2, 0.25) is 11.1 Å². The highest BCUT2D eigenvalue weighted by atomic mass is 79.9. The molecule has 9 heteroatoms. The third kappa shape index (κ3) is 6.04. The van der Waals surface area contributed by atoms with Crippen molar-refractivity contribution in [1.82, 2.24) is 14.8 Å². The fraction of sp³-hybridized carbons (Fsp3) is 0.233. The predicted molar refractivity (Wildman–Crippen MR) is 160 cm³/mol. The Morgan fingerprint density at radius 3 is 2.62 bits per heavy atom. The van der Waals surface area contributed by atoms with Crippen molar-refractivity contribution in [3.05, 3.63) is 105 Å². The fourth-order valence-electron chi connectivity index (χ4n) is 4.53. The monoisotopic (exact) mass is 603 g/mol. The second-order valence-corrected chi connectivity index (χ2v) is 11.6. The molecule has 2 N–H and O–H groups in total. The van der Waals surface area contributed by atoms with Gasteiger partial charge in [0.05, 0.1) is 5.57 Å². The largest absolute Gasteiger partial charge is 0.489 e. The minimum Gasteiger partial charge on any atom is -0.489 e. The molecule has 7 nitrogen and oxygen atoms in total. The second-order valence-electron chi connectivity index (χ2n) is 9.44. The quantitative estimate of drug-likeness (QED) is 0.206. The summed E-state index contributed by atoms with van der Waals surface area (Å²) in [4.78, 5) is 18.6. The normalized spacial score (nSPS) is 14.5. The highest BCUT2D eigenvalue weighted by Gasteiger charge is 2.36. The Bertz CT molecular complexity index is 1550. The molecule has 0 bridgehead atoms. The lowest BCUT2D eigenvalue weighted by Crippen LogP contribution is -2.31. The lowest BCUT2D eigenvalue weighted by atomic mass is 9.94. The number of aromatic nitrogens is 3. The average molecular weight is 605 g/mol. The van der Waals surface area contributed by atoms with Crippen LogP contribution in [0.3, 0.4) is 0 Å². The topological polar surface area (TPSA) is 81.1 Å². The Kier molecular flexibility index (Phi) is 8.09. The van der Waals surface area contributed by atoms with Gasteiger partial charge < -0.3 is 15.4 Å². The van der Waals surface area contributed by atoms with Crippen molar-refractivity contribution < 1.29 is 9.53 Å². The molecule has 0 radical (unpaired) electrons. The van der Waals surface area contributed by atoms with E-state index in [2.05, 4.69) is 64.7 Å². The van der Waals surface area contributed by atoms with E-state index in [9.17, 15) is 4.79 Å². The van der Waals surface area contributed by atoms with E-state index in [1.807, 2.05) is 56.3 Å². The number of nitrogens with zero attached hydrogens (tertiary/aromatic N) is 3. The molecule has 0 spiro atoms. The van der Waals surface area contributed by atoms with E-state index in [1.54, 1.807) is 16.4 Å². The number of hydrogen-bond donors (Lipinski definition) is 2. The molecule has 0 aliphatic carbocycles. The highest BCUT2D eigenvalue weighted by Crippen LogP contribution is 2.41. The Labute approximate surface area is 241 Å². The first-order valence-electron chi connectivity index (χ1n) is 12.8. The van der Waals surface area contributed by atoms with Gasteiger partial charge in [0.15, 0.2) is 0 Å². The lowest BCUT2D eigenvalue weighted by Gasteiger charge is -2.30. The van der Waals surface area contributed by atoms with Crippen molar-refractivity contribution in [1.29, 1.82) is 0 Å². The molecule has 1 aliphatic rings. The minimum absolute atomic E-state index is 0.217. The number of thioether (sulfide) groups is 1. The Balaban J connectivity index is 1.58. The standard InChI is InChI=1S/C30H30BrN5O2S/c1-5-39-30-34-29-32-20(4)26(28(37)33-23-8-6-7-19(3)15-23)27(36(29)35-30)24-16-22(31)13-14-25(24)38-17-21-11-9-18(2)10-12-21/h6-16,27H,5,17H2,1-4H3,(H,33,37)(H,32,34,35). The third-order valence-corrected chi connectivity index (χ3v) is 7.62. The van der Waals surface area contributed by atoms with Gasteiger partial charge in [-0.1, -0.05) is 76.6 Å². The number of benzene rings is 3. The fourth-order valence-corrected chi connectivity index (χ4v) is 5.47. The van der Waals surface area contributed by atoms with Crippen molar-refractivity contribution in [3.63, 3.8) is 0 Å². The van der Waals surface area contributed by atoms with Crippen LogP contribution in [0.4, 0.5) is 11.6 Å². The number of anilines is 2. The number of carbonyl (C=O) groups excluding carboxylic acids is 1. The van der Waals surface area contributed by atoms with Crippen molar-refractivity contribution >= 4 is 45.2 Å². The molecule has 200 valence electrons. The first-order valence-corrected chi connectivity index (χ1v) is 14.5. The molecule has 39 heavy (non-hydrogen) atoms. The van der Waals surface area contributed by atoms with Crippen molar-refractivity contribution in [2.45, 2.75) is 45.5 Å². The zero-order valence-electron chi connectivity index (χ0n) is 22.3. The maximum absolute atomic E-state index is 13.9. The van der Waals surface area contributed by atoms with Crippen molar-refractivity contribution in [2.75, 3.05) is 16.4 Å². The molecule has 3 aromatic carbocycles.